The molecular weight excluding hydrogens is 218 g/mol. The molecule has 0 spiro atoms. The van der Waals surface area contributed by atoms with Crippen molar-refractivity contribution < 1.29 is 14.6 Å². The van der Waals surface area contributed by atoms with Crippen molar-refractivity contribution in [3.8, 4) is 5.75 Å². The normalized spacial score (nSPS) is 12.0. The van der Waals surface area contributed by atoms with Gasteiger partial charge in [-0.05, 0) is 31.0 Å². The zero-order valence-electron chi connectivity index (χ0n) is 10.7. The van der Waals surface area contributed by atoms with Crippen molar-refractivity contribution in [2.75, 3.05) is 19.1 Å². The molecular formula is C13H19NO3. The van der Waals surface area contributed by atoms with Crippen LogP contribution in [0.25, 0.3) is 0 Å². The van der Waals surface area contributed by atoms with Gasteiger partial charge in [0.1, 0.15) is 11.8 Å². The lowest BCUT2D eigenvalue weighted by atomic mass is 10.1. The fraction of sp³-hybridized carbons (Fsp3) is 0.462. The van der Waals surface area contributed by atoms with Gasteiger partial charge in [-0.3, -0.25) is 0 Å². The van der Waals surface area contributed by atoms with Gasteiger partial charge in [0.2, 0.25) is 0 Å². The van der Waals surface area contributed by atoms with Crippen LogP contribution in [-0.4, -0.2) is 31.3 Å². The Morgan fingerprint density at radius 3 is 2.65 bits per heavy atom. The second-order valence-electron chi connectivity index (χ2n) is 4.05. The minimum Gasteiger partial charge on any atom is -0.495 e. The highest BCUT2D eigenvalue weighted by Crippen LogP contribution is 2.30. The van der Waals surface area contributed by atoms with Crippen LogP contribution in [0.4, 0.5) is 5.69 Å². The lowest BCUT2D eigenvalue weighted by molar-refractivity contribution is -0.138. The summed E-state index contributed by atoms with van der Waals surface area (Å²) in [4.78, 5) is 12.9. The molecule has 0 bridgehead atoms. The van der Waals surface area contributed by atoms with Crippen LogP contribution < -0.4 is 9.64 Å². The molecule has 4 nitrogen and oxygen atoms in total. The molecule has 0 amide bonds. The van der Waals surface area contributed by atoms with Crippen molar-refractivity contribution in [3.63, 3.8) is 0 Å². The van der Waals surface area contributed by atoms with E-state index in [2.05, 4.69) is 0 Å². The Morgan fingerprint density at radius 2 is 2.18 bits per heavy atom. The van der Waals surface area contributed by atoms with Crippen molar-refractivity contribution in [2.24, 2.45) is 0 Å². The van der Waals surface area contributed by atoms with Crippen LogP contribution in [0.15, 0.2) is 18.2 Å². The number of anilines is 1. The maximum Gasteiger partial charge on any atom is 0.326 e. The van der Waals surface area contributed by atoms with E-state index < -0.39 is 12.0 Å². The molecule has 17 heavy (non-hydrogen) atoms. The SMILES string of the molecule is CC[C@H](C(=O)O)N(C)c1cc(C)ccc1OC. The number of benzene rings is 1. The average molecular weight is 237 g/mol. The number of rotatable bonds is 5. The number of methoxy groups -OCH3 is 1. The molecule has 0 aliphatic carbocycles. The van der Waals surface area contributed by atoms with Gasteiger partial charge < -0.3 is 14.7 Å². The second-order valence-corrected chi connectivity index (χ2v) is 4.05. The van der Waals surface area contributed by atoms with Gasteiger partial charge in [0.25, 0.3) is 0 Å². The van der Waals surface area contributed by atoms with Gasteiger partial charge >= 0.3 is 5.97 Å². The molecule has 1 aromatic rings. The van der Waals surface area contributed by atoms with Gasteiger partial charge in [-0.25, -0.2) is 4.79 Å². The summed E-state index contributed by atoms with van der Waals surface area (Å²) in [6.45, 7) is 3.83. The van der Waals surface area contributed by atoms with Crippen LogP contribution in [0.5, 0.6) is 5.75 Å². The molecule has 0 heterocycles. The Kier molecular flexibility index (Phi) is 4.37. The first-order valence-electron chi connectivity index (χ1n) is 5.61. The zero-order valence-corrected chi connectivity index (χ0v) is 10.7. The number of carbonyl (C=O) groups is 1. The third kappa shape index (κ3) is 2.90. The number of nitrogens with zero attached hydrogens (tertiary/aromatic N) is 1. The largest absolute Gasteiger partial charge is 0.495 e. The predicted octanol–water partition coefficient (Wildman–Crippen LogP) is 2.30. The summed E-state index contributed by atoms with van der Waals surface area (Å²) >= 11 is 0. The first kappa shape index (κ1) is 13.4. The predicted molar refractivity (Wildman–Crippen MR) is 67.8 cm³/mol. The van der Waals surface area contributed by atoms with Crippen LogP contribution in [0.2, 0.25) is 0 Å². The fourth-order valence-corrected chi connectivity index (χ4v) is 1.86. The molecule has 94 valence electrons. The minimum absolute atomic E-state index is 0.536. The van der Waals surface area contributed by atoms with Gasteiger partial charge in [-0.2, -0.15) is 0 Å². The van der Waals surface area contributed by atoms with E-state index in [-0.39, 0.29) is 0 Å². The van der Waals surface area contributed by atoms with E-state index >= 15 is 0 Å². The van der Waals surface area contributed by atoms with Crippen LogP contribution >= 0.6 is 0 Å². The van der Waals surface area contributed by atoms with Crippen molar-refractivity contribution >= 4 is 11.7 Å². The number of likely N-dealkylation sites (N-methyl/N-ethyl adjacent to an activating group) is 1. The summed E-state index contributed by atoms with van der Waals surface area (Å²) in [6.07, 6.45) is 0.545. The van der Waals surface area contributed by atoms with Crippen LogP contribution in [0, 0.1) is 6.92 Å². The smallest absolute Gasteiger partial charge is 0.326 e. The highest BCUT2D eigenvalue weighted by atomic mass is 16.5. The van der Waals surface area contributed by atoms with Gasteiger partial charge in [0, 0.05) is 7.05 Å². The number of hydrogen-bond donors (Lipinski definition) is 1. The lowest BCUT2D eigenvalue weighted by Gasteiger charge is -2.27. The fourth-order valence-electron chi connectivity index (χ4n) is 1.86. The van der Waals surface area contributed by atoms with E-state index in [4.69, 9.17) is 9.84 Å². The first-order chi connectivity index (χ1) is 8.01. The quantitative estimate of drug-likeness (QED) is 0.853. The Morgan fingerprint density at radius 1 is 1.53 bits per heavy atom. The van der Waals surface area contributed by atoms with E-state index in [0.29, 0.717) is 12.2 Å². The van der Waals surface area contributed by atoms with Crippen molar-refractivity contribution in [1.82, 2.24) is 0 Å². The zero-order chi connectivity index (χ0) is 13.0. The maximum atomic E-state index is 11.1. The van der Waals surface area contributed by atoms with Crippen LogP contribution in [0.1, 0.15) is 18.9 Å². The summed E-state index contributed by atoms with van der Waals surface area (Å²) < 4.78 is 5.26. The van der Waals surface area contributed by atoms with E-state index in [9.17, 15) is 4.79 Å². The summed E-state index contributed by atoms with van der Waals surface area (Å²) in [7, 11) is 3.36. The minimum atomic E-state index is -0.821. The number of ether oxygens (including phenoxy) is 1. The Bertz CT molecular complexity index is 404. The van der Waals surface area contributed by atoms with Gasteiger partial charge in [-0.1, -0.05) is 13.0 Å². The maximum absolute atomic E-state index is 11.1. The average Bonchev–Trinajstić information content (AvgIpc) is 2.29. The standard InChI is InChI=1S/C13H19NO3/c1-5-10(13(15)16)14(3)11-8-9(2)6-7-12(11)17-4/h6-8,10H,5H2,1-4H3,(H,15,16)/t10-/m1/s1. The second kappa shape index (κ2) is 5.57. The Labute approximate surface area is 102 Å². The molecule has 0 radical (unpaired) electrons. The molecule has 0 saturated carbocycles. The molecule has 1 N–H and O–H groups in total. The molecule has 0 fully saturated rings. The third-order valence-corrected chi connectivity index (χ3v) is 2.85. The summed E-state index contributed by atoms with van der Waals surface area (Å²) in [6, 6.07) is 5.20. The van der Waals surface area contributed by atoms with Gasteiger partial charge in [-0.15, -0.1) is 0 Å². The molecule has 0 aromatic heterocycles. The topological polar surface area (TPSA) is 49.8 Å². The summed E-state index contributed by atoms with van der Waals surface area (Å²) in [5.41, 5.74) is 1.88. The van der Waals surface area contributed by atoms with E-state index in [1.165, 1.54) is 0 Å². The van der Waals surface area contributed by atoms with Crippen LogP contribution in [0.3, 0.4) is 0 Å². The van der Waals surface area contributed by atoms with E-state index in [1.54, 1.807) is 19.1 Å². The Hall–Kier alpha value is -1.71. The molecule has 0 unspecified atom stereocenters. The van der Waals surface area contributed by atoms with Crippen molar-refractivity contribution in [2.45, 2.75) is 26.3 Å². The molecule has 4 heteroatoms. The number of hydrogen-bond acceptors (Lipinski definition) is 3. The third-order valence-electron chi connectivity index (χ3n) is 2.85. The van der Waals surface area contributed by atoms with Crippen LogP contribution in [-0.2, 0) is 4.79 Å². The monoisotopic (exact) mass is 237 g/mol. The number of aliphatic carboxylic acids is 1. The molecule has 0 aliphatic heterocycles. The van der Waals surface area contributed by atoms with Crippen molar-refractivity contribution in [3.05, 3.63) is 23.8 Å². The van der Waals surface area contributed by atoms with Gasteiger partial charge in [0.15, 0.2) is 0 Å². The van der Waals surface area contributed by atoms with Gasteiger partial charge in [0.05, 0.1) is 12.8 Å². The molecule has 1 aromatic carbocycles. The molecule has 1 rings (SSSR count). The van der Waals surface area contributed by atoms with Crippen molar-refractivity contribution in [1.29, 1.82) is 0 Å². The Balaban J connectivity index is 3.13. The number of aryl methyl sites for hydroxylation is 1. The molecule has 0 aliphatic rings. The highest BCUT2D eigenvalue weighted by molar-refractivity contribution is 5.79. The number of carboxylic acid groups (broad SMARTS) is 1. The lowest BCUT2D eigenvalue weighted by Crippen LogP contribution is -2.38. The summed E-state index contributed by atoms with van der Waals surface area (Å²) in [5.74, 6) is -0.128. The molecule has 0 saturated heterocycles. The summed E-state index contributed by atoms with van der Waals surface area (Å²) in [5, 5.41) is 9.16. The first-order valence-corrected chi connectivity index (χ1v) is 5.61. The van der Waals surface area contributed by atoms with E-state index in [0.717, 1.165) is 11.3 Å². The highest BCUT2D eigenvalue weighted by Gasteiger charge is 2.22. The number of carboxylic acids is 1. The van der Waals surface area contributed by atoms with E-state index in [1.807, 2.05) is 32.0 Å². The molecule has 1 atom stereocenters.